The van der Waals surface area contributed by atoms with E-state index >= 15 is 0 Å². The number of fused-ring (bicyclic) bond motifs is 1. The van der Waals surface area contributed by atoms with Gasteiger partial charge in [0.1, 0.15) is 5.56 Å². The topological polar surface area (TPSA) is 72.7 Å². The highest BCUT2D eigenvalue weighted by Gasteiger charge is 2.22. The van der Waals surface area contributed by atoms with Crippen LogP contribution in [0, 0.1) is 0 Å². The van der Waals surface area contributed by atoms with Crippen LogP contribution in [-0.4, -0.2) is 21.9 Å². The maximum atomic E-state index is 12.5. The Kier molecular flexibility index (Phi) is 3.92. The molecule has 7 heteroatoms. The molecule has 0 bridgehead atoms. The van der Waals surface area contributed by atoms with Crippen LogP contribution in [0.3, 0.4) is 0 Å². The third kappa shape index (κ3) is 2.59. The van der Waals surface area contributed by atoms with Crippen molar-refractivity contribution < 1.29 is 9.63 Å². The molecular weight excluding hydrogens is 278 g/mol. The molecule has 0 unspecified atom stereocenters. The largest absolute Gasteiger partial charge is 0.282 e. The molecule has 0 spiro atoms. The minimum absolute atomic E-state index is 0.0279. The average molecular weight is 295 g/mol. The van der Waals surface area contributed by atoms with E-state index in [1.807, 2.05) is 26.2 Å². The zero-order valence-corrected chi connectivity index (χ0v) is 12.7. The van der Waals surface area contributed by atoms with Crippen LogP contribution >= 0.6 is 11.3 Å². The first kappa shape index (κ1) is 14.7. The molecule has 2 aromatic heterocycles. The standard InChI is InChI=1S/C13H17N3O3S/c1-5-19-15-10(17)8-6-14-12-16(11(8)18)9(7-20-12)13(2,3)4/h6-7H,5H2,1-4H3,(H,15,17). The molecule has 108 valence electrons. The van der Waals surface area contributed by atoms with Crippen molar-refractivity contribution in [3.63, 3.8) is 0 Å². The first-order valence-corrected chi connectivity index (χ1v) is 7.16. The molecule has 0 saturated carbocycles. The second-order valence-corrected chi connectivity index (χ2v) is 6.17. The van der Waals surface area contributed by atoms with Crippen LogP contribution in [0.15, 0.2) is 16.4 Å². The van der Waals surface area contributed by atoms with Crippen LogP contribution in [0.5, 0.6) is 0 Å². The maximum absolute atomic E-state index is 12.5. The molecule has 2 rings (SSSR count). The highest BCUT2D eigenvalue weighted by Crippen LogP contribution is 2.25. The number of hydrogen-bond donors (Lipinski definition) is 1. The van der Waals surface area contributed by atoms with Gasteiger partial charge < -0.3 is 0 Å². The minimum atomic E-state index is -0.579. The Labute approximate surface area is 120 Å². The van der Waals surface area contributed by atoms with E-state index in [9.17, 15) is 9.59 Å². The molecule has 2 aromatic rings. The molecule has 20 heavy (non-hydrogen) atoms. The van der Waals surface area contributed by atoms with E-state index in [-0.39, 0.29) is 16.5 Å². The number of hydroxylamine groups is 1. The fourth-order valence-corrected chi connectivity index (χ4v) is 2.83. The molecule has 0 aromatic carbocycles. The van der Waals surface area contributed by atoms with Gasteiger partial charge in [-0.3, -0.25) is 18.8 Å². The van der Waals surface area contributed by atoms with Gasteiger partial charge >= 0.3 is 0 Å². The van der Waals surface area contributed by atoms with Crippen molar-refractivity contribution in [3.8, 4) is 0 Å². The molecule has 0 aliphatic carbocycles. The van der Waals surface area contributed by atoms with Crippen LogP contribution < -0.4 is 11.0 Å². The Bertz CT molecular complexity index is 697. The lowest BCUT2D eigenvalue weighted by Gasteiger charge is -2.17. The van der Waals surface area contributed by atoms with Crippen LogP contribution in [0.4, 0.5) is 0 Å². The molecule has 1 amide bonds. The lowest BCUT2D eigenvalue weighted by atomic mass is 9.93. The van der Waals surface area contributed by atoms with Gasteiger partial charge in [0.2, 0.25) is 0 Å². The summed E-state index contributed by atoms with van der Waals surface area (Å²) in [6.45, 7) is 8.09. The smallest absolute Gasteiger partial charge is 0.274 e. The van der Waals surface area contributed by atoms with Crippen molar-refractivity contribution in [2.45, 2.75) is 33.1 Å². The highest BCUT2D eigenvalue weighted by atomic mass is 32.1. The SMILES string of the molecule is CCONC(=O)c1cnc2scc(C(C)(C)C)n2c1=O. The van der Waals surface area contributed by atoms with Gasteiger partial charge in [-0.15, -0.1) is 11.3 Å². The Morgan fingerprint density at radius 1 is 1.50 bits per heavy atom. The number of amides is 1. The number of carbonyl (C=O) groups excluding carboxylic acids is 1. The lowest BCUT2D eigenvalue weighted by Crippen LogP contribution is -2.33. The van der Waals surface area contributed by atoms with Crippen LogP contribution in [0.1, 0.15) is 43.7 Å². The number of carbonyl (C=O) groups is 1. The number of aromatic nitrogens is 2. The first-order valence-electron chi connectivity index (χ1n) is 6.28. The van der Waals surface area contributed by atoms with E-state index in [0.717, 1.165) is 5.69 Å². The number of thiazole rings is 1. The normalized spacial score (nSPS) is 11.8. The van der Waals surface area contributed by atoms with Gasteiger partial charge in [0.15, 0.2) is 4.96 Å². The van der Waals surface area contributed by atoms with Crippen molar-refractivity contribution in [3.05, 3.63) is 33.2 Å². The number of nitrogens with one attached hydrogen (secondary N) is 1. The molecule has 1 N–H and O–H groups in total. The van der Waals surface area contributed by atoms with Gasteiger partial charge in [0.05, 0.1) is 6.61 Å². The van der Waals surface area contributed by atoms with Crippen molar-refractivity contribution in [1.29, 1.82) is 0 Å². The number of hydrogen-bond acceptors (Lipinski definition) is 5. The second-order valence-electron chi connectivity index (χ2n) is 5.33. The molecule has 6 nitrogen and oxygen atoms in total. The van der Waals surface area contributed by atoms with E-state index in [1.54, 1.807) is 6.92 Å². The Morgan fingerprint density at radius 2 is 2.20 bits per heavy atom. The summed E-state index contributed by atoms with van der Waals surface area (Å²) in [6, 6.07) is 0. The highest BCUT2D eigenvalue weighted by molar-refractivity contribution is 7.15. The van der Waals surface area contributed by atoms with Gasteiger partial charge in [-0.25, -0.2) is 10.5 Å². The number of rotatable bonds is 3. The summed E-state index contributed by atoms with van der Waals surface area (Å²) >= 11 is 1.38. The molecule has 0 aliphatic heterocycles. The third-order valence-corrected chi connectivity index (χ3v) is 3.61. The van der Waals surface area contributed by atoms with Crippen molar-refractivity contribution in [2.75, 3.05) is 6.61 Å². The third-order valence-electron chi connectivity index (χ3n) is 2.77. The summed E-state index contributed by atoms with van der Waals surface area (Å²) in [5, 5.41) is 1.90. The molecule has 2 heterocycles. The lowest BCUT2D eigenvalue weighted by molar-refractivity contribution is 0.0362. The quantitative estimate of drug-likeness (QED) is 0.875. The Hall–Kier alpha value is -1.73. The molecule has 0 saturated heterocycles. The number of nitrogens with zero attached hydrogens (tertiary/aromatic N) is 2. The van der Waals surface area contributed by atoms with E-state index < -0.39 is 5.91 Å². The van der Waals surface area contributed by atoms with Gasteiger partial charge in [-0.1, -0.05) is 20.8 Å². The zero-order chi connectivity index (χ0) is 14.9. The van der Waals surface area contributed by atoms with Gasteiger partial charge in [-0.2, -0.15) is 0 Å². The van der Waals surface area contributed by atoms with Crippen molar-refractivity contribution >= 4 is 22.2 Å². The summed E-state index contributed by atoms with van der Waals surface area (Å²) in [7, 11) is 0. The molecule has 0 atom stereocenters. The summed E-state index contributed by atoms with van der Waals surface area (Å²) < 4.78 is 1.49. The van der Waals surface area contributed by atoms with Gasteiger partial charge in [-0.05, 0) is 6.92 Å². The Morgan fingerprint density at radius 3 is 2.80 bits per heavy atom. The average Bonchev–Trinajstić information content (AvgIpc) is 2.81. The fourth-order valence-electron chi connectivity index (χ4n) is 1.76. The monoisotopic (exact) mass is 295 g/mol. The summed E-state index contributed by atoms with van der Waals surface area (Å²) in [6.07, 6.45) is 1.29. The molecular formula is C13H17N3O3S. The molecule has 0 radical (unpaired) electrons. The predicted octanol–water partition coefficient (Wildman–Crippen LogP) is 1.73. The maximum Gasteiger partial charge on any atom is 0.282 e. The van der Waals surface area contributed by atoms with Crippen LogP contribution in [-0.2, 0) is 10.3 Å². The van der Waals surface area contributed by atoms with Gasteiger partial charge in [0, 0.05) is 22.7 Å². The van der Waals surface area contributed by atoms with Crippen molar-refractivity contribution in [1.82, 2.24) is 14.9 Å². The van der Waals surface area contributed by atoms with Crippen LogP contribution in [0.25, 0.3) is 4.96 Å². The van der Waals surface area contributed by atoms with Crippen LogP contribution in [0.2, 0.25) is 0 Å². The Balaban J connectivity index is 2.58. The van der Waals surface area contributed by atoms with Gasteiger partial charge in [0.25, 0.3) is 11.5 Å². The predicted molar refractivity (Wildman–Crippen MR) is 77.1 cm³/mol. The van der Waals surface area contributed by atoms with E-state index in [1.165, 1.54) is 21.9 Å². The van der Waals surface area contributed by atoms with Crippen molar-refractivity contribution in [2.24, 2.45) is 0 Å². The molecule has 0 fully saturated rings. The second kappa shape index (κ2) is 5.34. The first-order chi connectivity index (χ1) is 9.36. The van der Waals surface area contributed by atoms with E-state index in [0.29, 0.717) is 11.6 Å². The summed E-state index contributed by atoms with van der Waals surface area (Å²) in [4.78, 5) is 33.9. The van der Waals surface area contributed by atoms with E-state index in [4.69, 9.17) is 4.84 Å². The zero-order valence-electron chi connectivity index (χ0n) is 11.9. The summed E-state index contributed by atoms with van der Waals surface area (Å²) in [5.74, 6) is -0.579. The molecule has 0 aliphatic rings. The summed E-state index contributed by atoms with van der Waals surface area (Å²) in [5.41, 5.74) is 2.44. The fraction of sp³-hybridized carbons (Fsp3) is 0.462. The van der Waals surface area contributed by atoms with E-state index in [2.05, 4.69) is 10.5 Å². The minimum Gasteiger partial charge on any atom is -0.274 e.